The summed E-state index contributed by atoms with van der Waals surface area (Å²) in [5.41, 5.74) is 0. The van der Waals surface area contributed by atoms with E-state index >= 15 is 0 Å². The Morgan fingerprint density at radius 3 is 1.16 bits per heavy atom. The molecule has 2 rings (SSSR count). The van der Waals surface area contributed by atoms with E-state index in [2.05, 4.69) is 76.2 Å². The van der Waals surface area contributed by atoms with Crippen molar-refractivity contribution >= 4 is 26.5 Å². The van der Waals surface area contributed by atoms with Crippen molar-refractivity contribution < 1.29 is 17.4 Å². The molecular weight excluding hydrogens is 378 g/mol. The second kappa shape index (κ2) is 16.3. The summed E-state index contributed by atoms with van der Waals surface area (Å²) in [6.45, 7) is 9.14. The molecule has 0 atom stereocenters. The van der Waals surface area contributed by atoms with E-state index in [4.69, 9.17) is 0 Å². The Morgan fingerprint density at radius 2 is 0.960 bits per heavy atom. The smallest absolute Gasteiger partial charge is 0.213 e. The predicted octanol–water partition coefficient (Wildman–Crippen LogP) is 6.66. The van der Waals surface area contributed by atoms with Gasteiger partial charge in [-0.2, -0.15) is 24.3 Å². The molecule has 0 aliphatic carbocycles. The predicted molar refractivity (Wildman–Crippen MR) is 118 cm³/mol. The Hall–Kier alpha value is 0.0925. The molecule has 0 unspecified atom stereocenters. The molecule has 0 aromatic heterocycles. The summed E-state index contributed by atoms with van der Waals surface area (Å²) in [7, 11) is 0.362. The summed E-state index contributed by atoms with van der Waals surface area (Å²) in [5.74, 6) is 0. The van der Waals surface area contributed by atoms with E-state index in [-0.39, 0.29) is 33.2 Å². The third-order valence-electron chi connectivity index (χ3n) is 3.99. The quantitative estimate of drug-likeness (QED) is 0.301. The van der Waals surface area contributed by atoms with Crippen molar-refractivity contribution in [2.75, 3.05) is 24.6 Å². The molecule has 3 heteroatoms. The fourth-order valence-corrected chi connectivity index (χ4v) is 7.80. The Kier molecular flexibility index (Phi) is 16.3. The molecule has 2 aromatic carbocycles. The first kappa shape index (κ1) is 25.1. The van der Waals surface area contributed by atoms with Crippen LogP contribution < -0.4 is 10.6 Å². The van der Waals surface area contributed by atoms with Gasteiger partial charge in [0.2, 0.25) is 0 Å². The van der Waals surface area contributed by atoms with Crippen LogP contribution in [0, 0.1) is 0 Å². The van der Waals surface area contributed by atoms with Gasteiger partial charge in [0, 0.05) is 0 Å². The zero-order valence-electron chi connectivity index (χ0n) is 16.6. The SMILES string of the molecule is CCCP(CCC)c1ccc[cH-]1.CCCP(CCC)c1ccc[cH-]1.[Cr+2]. The zero-order valence-corrected chi connectivity index (χ0v) is 19.6. The van der Waals surface area contributed by atoms with E-state index in [1.165, 1.54) is 50.3 Å². The van der Waals surface area contributed by atoms with Gasteiger partial charge in [0.1, 0.15) is 0 Å². The van der Waals surface area contributed by atoms with E-state index in [9.17, 15) is 0 Å². The second-order valence-corrected chi connectivity index (χ2v) is 11.2. The van der Waals surface area contributed by atoms with Crippen LogP contribution >= 0.6 is 15.8 Å². The Morgan fingerprint density at radius 1 is 0.640 bits per heavy atom. The Bertz CT molecular complexity index is 418. The zero-order chi connectivity index (χ0) is 17.6. The topological polar surface area (TPSA) is 0 Å². The molecule has 0 N–H and O–H groups in total. The molecule has 0 saturated heterocycles. The molecule has 140 valence electrons. The van der Waals surface area contributed by atoms with Crippen LogP contribution in [0.1, 0.15) is 53.4 Å². The molecule has 0 aliphatic rings. The van der Waals surface area contributed by atoms with Gasteiger partial charge in [0.15, 0.2) is 0 Å². The average Bonchev–Trinajstić information content (AvgIpc) is 3.29. The molecule has 0 radical (unpaired) electrons. The van der Waals surface area contributed by atoms with E-state index in [0.29, 0.717) is 0 Å². The fraction of sp³-hybridized carbons (Fsp3) is 0.545. The van der Waals surface area contributed by atoms with Gasteiger partial charge >= 0.3 is 17.4 Å². The van der Waals surface area contributed by atoms with Gasteiger partial charge in [-0.25, -0.2) is 24.3 Å². The first-order valence-corrected chi connectivity index (χ1v) is 13.1. The van der Waals surface area contributed by atoms with Crippen LogP contribution in [-0.4, -0.2) is 24.6 Å². The second-order valence-electron chi connectivity index (χ2n) is 6.26. The van der Waals surface area contributed by atoms with Crippen molar-refractivity contribution in [3.63, 3.8) is 0 Å². The molecule has 0 heterocycles. The van der Waals surface area contributed by atoms with Crippen LogP contribution in [0.5, 0.6) is 0 Å². The summed E-state index contributed by atoms with van der Waals surface area (Å²) in [5, 5.41) is 3.21. The van der Waals surface area contributed by atoms with E-state index in [0.717, 1.165) is 0 Å². The molecular formula is C22H36CrP2. The molecule has 25 heavy (non-hydrogen) atoms. The molecule has 0 saturated carbocycles. The van der Waals surface area contributed by atoms with Gasteiger partial charge in [-0.1, -0.05) is 53.4 Å². The van der Waals surface area contributed by atoms with Crippen LogP contribution in [0.15, 0.2) is 48.5 Å². The molecule has 2 aromatic rings. The summed E-state index contributed by atoms with van der Waals surface area (Å²) in [6.07, 6.45) is 11.0. The number of hydrogen-bond acceptors (Lipinski definition) is 0. The molecule has 0 spiro atoms. The maximum Gasteiger partial charge on any atom is 2.00 e. The Balaban J connectivity index is 0.000000443. The van der Waals surface area contributed by atoms with Crippen molar-refractivity contribution in [3.05, 3.63) is 48.5 Å². The minimum Gasteiger partial charge on any atom is -0.213 e. The minimum atomic E-state index is 0. The van der Waals surface area contributed by atoms with Crippen molar-refractivity contribution in [2.45, 2.75) is 53.4 Å². The third-order valence-corrected chi connectivity index (χ3v) is 10.00. The molecule has 0 amide bonds. The van der Waals surface area contributed by atoms with Crippen LogP contribution in [0.3, 0.4) is 0 Å². The summed E-state index contributed by atoms with van der Waals surface area (Å²) < 4.78 is 0. The van der Waals surface area contributed by atoms with Gasteiger partial charge < -0.3 is 0 Å². The van der Waals surface area contributed by atoms with Crippen molar-refractivity contribution in [2.24, 2.45) is 0 Å². The molecule has 0 aliphatic heterocycles. The van der Waals surface area contributed by atoms with Crippen LogP contribution in [0.25, 0.3) is 0 Å². The first-order valence-electron chi connectivity index (χ1n) is 9.70. The summed E-state index contributed by atoms with van der Waals surface area (Å²) in [4.78, 5) is 0. The van der Waals surface area contributed by atoms with Crippen LogP contribution in [0.2, 0.25) is 0 Å². The van der Waals surface area contributed by atoms with Gasteiger partial charge in [0.05, 0.1) is 0 Å². The van der Waals surface area contributed by atoms with E-state index in [1.807, 2.05) is 0 Å². The van der Waals surface area contributed by atoms with Gasteiger partial charge in [-0.3, -0.25) is 0 Å². The minimum absolute atomic E-state index is 0. The monoisotopic (exact) mass is 414 g/mol. The first-order chi connectivity index (χ1) is 11.8. The maximum absolute atomic E-state index is 2.29. The fourth-order valence-electron chi connectivity index (χ4n) is 2.97. The van der Waals surface area contributed by atoms with Crippen LogP contribution in [-0.2, 0) is 17.4 Å². The van der Waals surface area contributed by atoms with Gasteiger partial charge in [-0.15, -0.1) is 26.5 Å². The summed E-state index contributed by atoms with van der Waals surface area (Å²) >= 11 is 0. The van der Waals surface area contributed by atoms with Gasteiger partial charge in [-0.05, 0) is 24.6 Å². The molecule has 0 fully saturated rings. The molecule has 0 nitrogen and oxygen atoms in total. The van der Waals surface area contributed by atoms with Crippen molar-refractivity contribution in [1.29, 1.82) is 0 Å². The van der Waals surface area contributed by atoms with E-state index in [1.54, 1.807) is 10.6 Å². The normalized spacial score (nSPS) is 10.5. The van der Waals surface area contributed by atoms with Crippen LogP contribution in [0.4, 0.5) is 0 Å². The van der Waals surface area contributed by atoms with Crippen molar-refractivity contribution in [1.82, 2.24) is 0 Å². The largest absolute Gasteiger partial charge is 2.00 e. The van der Waals surface area contributed by atoms with Gasteiger partial charge in [0.25, 0.3) is 0 Å². The van der Waals surface area contributed by atoms with Crippen molar-refractivity contribution in [3.8, 4) is 0 Å². The standard InChI is InChI=1S/2C11H18P.Cr/c2*1-3-9-12(10-4-2)11-7-5-6-8-11;/h2*5-8H,3-4,9-10H2,1-2H3;/q2*-1;+2. The maximum atomic E-state index is 2.29. The summed E-state index contributed by atoms with van der Waals surface area (Å²) in [6, 6.07) is 17.8. The molecule has 0 bridgehead atoms. The Labute approximate surface area is 170 Å². The average molecular weight is 414 g/mol. The third kappa shape index (κ3) is 10.1. The number of rotatable bonds is 10. The number of hydrogen-bond donors (Lipinski definition) is 0. The van der Waals surface area contributed by atoms with E-state index < -0.39 is 0 Å².